The van der Waals surface area contributed by atoms with Crippen LogP contribution in [0.15, 0.2) is 0 Å². The Bertz CT molecular complexity index is 127. The fourth-order valence-electron chi connectivity index (χ4n) is 1.71. The van der Waals surface area contributed by atoms with Crippen LogP contribution in [0, 0.1) is 11.8 Å². The number of hydrogen-bond donors (Lipinski definition) is 3. The molecule has 0 saturated heterocycles. The predicted octanol–water partition coefficient (Wildman–Crippen LogP) is -0.253. The first-order valence-corrected chi connectivity index (χ1v) is 4.12. The van der Waals surface area contributed by atoms with E-state index in [9.17, 15) is 10.2 Å². The Hall–Kier alpha value is -0.120. The van der Waals surface area contributed by atoms with Gasteiger partial charge in [0.05, 0.1) is 12.2 Å². The van der Waals surface area contributed by atoms with Crippen molar-refractivity contribution >= 4 is 0 Å². The Morgan fingerprint density at radius 1 is 1.27 bits per heavy atom. The molecule has 66 valence electrons. The van der Waals surface area contributed by atoms with Crippen molar-refractivity contribution in [3.05, 3.63) is 0 Å². The molecule has 0 aromatic heterocycles. The predicted molar refractivity (Wildman–Crippen MR) is 41.0 cm³/mol. The summed E-state index contributed by atoms with van der Waals surface area (Å²) >= 11 is 0. The van der Waals surface area contributed by atoms with E-state index in [0.717, 1.165) is 0 Å². The molecule has 1 saturated carbocycles. The molecule has 0 spiro atoms. The molecule has 1 rings (SSSR count). The molecule has 0 aromatic carbocycles. The van der Waals surface area contributed by atoms with Crippen LogP contribution in [0.4, 0.5) is 0 Å². The van der Waals surface area contributed by atoms with E-state index in [0.29, 0.717) is 12.8 Å². The quantitative estimate of drug-likeness (QED) is 0.495. The highest BCUT2D eigenvalue weighted by molar-refractivity contribution is 4.83. The highest BCUT2D eigenvalue weighted by Crippen LogP contribution is 2.29. The average Bonchev–Trinajstić information content (AvgIpc) is 1.96. The van der Waals surface area contributed by atoms with Crippen LogP contribution in [0.25, 0.3) is 0 Å². The molecule has 1 aliphatic rings. The summed E-state index contributed by atoms with van der Waals surface area (Å²) in [5.41, 5.74) is 0. The Labute approximate surface area is 66.7 Å². The molecule has 0 radical (unpaired) electrons. The maximum absolute atomic E-state index is 9.38. The minimum atomic E-state index is -0.448. The topological polar surface area (TPSA) is 60.7 Å². The fourth-order valence-corrected chi connectivity index (χ4v) is 1.71. The van der Waals surface area contributed by atoms with E-state index in [2.05, 4.69) is 0 Å². The second kappa shape index (κ2) is 3.52. The molecule has 1 aliphatic carbocycles. The van der Waals surface area contributed by atoms with Gasteiger partial charge >= 0.3 is 0 Å². The molecule has 11 heavy (non-hydrogen) atoms. The van der Waals surface area contributed by atoms with E-state index in [1.54, 1.807) is 0 Å². The summed E-state index contributed by atoms with van der Waals surface area (Å²) in [6.07, 6.45) is 0.195. The van der Waals surface area contributed by atoms with Crippen molar-refractivity contribution in [2.75, 3.05) is 6.61 Å². The zero-order valence-corrected chi connectivity index (χ0v) is 6.77. The lowest BCUT2D eigenvalue weighted by Crippen LogP contribution is -2.38. The van der Waals surface area contributed by atoms with Gasteiger partial charge in [-0.3, -0.25) is 0 Å². The molecule has 0 heterocycles. The summed E-state index contributed by atoms with van der Waals surface area (Å²) in [6.45, 7) is 1.98. The van der Waals surface area contributed by atoms with Crippen molar-refractivity contribution in [1.82, 2.24) is 0 Å². The number of aliphatic hydroxyl groups is 3. The summed E-state index contributed by atoms with van der Waals surface area (Å²) < 4.78 is 0. The van der Waals surface area contributed by atoms with E-state index < -0.39 is 12.2 Å². The first-order chi connectivity index (χ1) is 5.15. The lowest BCUT2D eigenvalue weighted by atomic mass is 9.77. The molecule has 3 N–H and O–H groups in total. The first-order valence-electron chi connectivity index (χ1n) is 4.12. The zero-order chi connectivity index (χ0) is 8.43. The van der Waals surface area contributed by atoms with Crippen molar-refractivity contribution in [2.24, 2.45) is 11.8 Å². The van der Waals surface area contributed by atoms with Crippen molar-refractivity contribution in [1.29, 1.82) is 0 Å². The van der Waals surface area contributed by atoms with Crippen LogP contribution in [0.1, 0.15) is 19.8 Å². The summed E-state index contributed by atoms with van der Waals surface area (Å²) in [5, 5.41) is 27.5. The van der Waals surface area contributed by atoms with Crippen molar-refractivity contribution in [3.8, 4) is 0 Å². The Balaban J connectivity index is 2.51. The van der Waals surface area contributed by atoms with Gasteiger partial charge < -0.3 is 15.3 Å². The van der Waals surface area contributed by atoms with Crippen LogP contribution in [-0.2, 0) is 0 Å². The highest BCUT2D eigenvalue weighted by atomic mass is 16.3. The Morgan fingerprint density at radius 3 is 2.45 bits per heavy atom. The van der Waals surface area contributed by atoms with E-state index >= 15 is 0 Å². The van der Waals surface area contributed by atoms with Crippen LogP contribution >= 0.6 is 0 Å². The van der Waals surface area contributed by atoms with Gasteiger partial charge in [-0.2, -0.15) is 0 Å². The van der Waals surface area contributed by atoms with Gasteiger partial charge in [0, 0.05) is 6.61 Å². The van der Waals surface area contributed by atoms with E-state index in [-0.39, 0.29) is 18.4 Å². The molecule has 3 nitrogen and oxygen atoms in total. The van der Waals surface area contributed by atoms with Crippen molar-refractivity contribution in [3.63, 3.8) is 0 Å². The summed E-state index contributed by atoms with van der Waals surface area (Å²) in [5.74, 6) is 0.178. The summed E-state index contributed by atoms with van der Waals surface area (Å²) in [4.78, 5) is 0. The van der Waals surface area contributed by atoms with E-state index in [1.807, 2.05) is 6.92 Å². The SMILES string of the molecule is CC1C(O)CC(O)CC1CO. The molecule has 0 aliphatic heterocycles. The highest BCUT2D eigenvalue weighted by Gasteiger charge is 2.32. The fraction of sp³-hybridized carbons (Fsp3) is 1.00. The zero-order valence-electron chi connectivity index (χ0n) is 6.77. The van der Waals surface area contributed by atoms with Crippen molar-refractivity contribution < 1.29 is 15.3 Å². The minimum absolute atomic E-state index is 0.0637. The maximum atomic E-state index is 9.38. The van der Waals surface area contributed by atoms with Gasteiger partial charge in [-0.1, -0.05) is 6.92 Å². The summed E-state index contributed by atoms with van der Waals surface area (Å²) in [7, 11) is 0. The third kappa shape index (κ3) is 1.92. The van der Waals surface area contributed by atoms with Crippen LogP contribution in [0.5, 0.6) is 0 Å². The normalized spacial score (nSPS) is 45.8. The second-order valence-electron chi connectivity index (χ2n) is 3.49. The molecular weight excluding hydrogens is 144 g/mol. The molecular formula is C8H16O3. The molecule has 4 atom stereocenters. The van der Waals surface area contributed by atoms with Gasteiger partial charge in [-0.05, 0) is 24.7 Å². The number of hydrogen-bond acceptors (Lipinski definition) is 3. The van der Waals surface area contributed by atoms with Crippen molar-refractivity contribution in [2.45, 2.75) is 32.0 Å². The van der Waals surface area contributed by atoms with Crippen LogP contribution in [-0.4, -0.2) is 34.1 Å². The van der Waals surface area contributed by atoms with Crippen LogP contribution < -0.4 is 0 Å². The van der Waals surface area contributed by atoms with E-state index in [4.69, 9.17) is 5.11 Å². The van der Waals surface area contributed by atoms with Gasteiger partial charge in [0.25, 0.3) is 0 Å². The monoisotopic (exact) mass is 160 g/mol. The van der Waals surface area contributed by atoms with Crippen LogP contribution in [0.3, 0.4) is 0 Å². The minimum Gasteiger partial charge on any atom is -0.396 e. The Morgan fingerprint density at radius 2 is 1.91 bits per heavy atom. The van der Waals surface area contributed by atoms with E-state index in [1.165, 1.54) is 0 Å². The van der Waals surface area contributed by atoms with Gasteiger partial charge in [0.2, 0.25) is 0 Å². The van der Waals surface area contributed by atoms with Gasteiger partial charge in [0.15, 0.2) is 0 Å². The van der Waals surface area contributed by atoms with Gasteiger partial charge in [-0.15, -0.1) is 0 Å². The molecule has 4 unspecified atom stereocenters. The standard InChI is InChI=1S/C8H16O3/c1-5-6(4-9)2-7(10)3-8(5)11/h5-11H,2-4H2,1H3. The molecule has 0 bridgehead atoms. The number of aliphatic hydroxyl groups excluding tert-OH is 3. The molecule has 1 fully saturated rings. The first kappa shape index (κ1) is 8.97. The second-order valence-corrected chi connectivity index (χ2v) is 3.49. The maximum Gasteiger partial charge on any atom is 0.0593 e. The summed E-state index contributed by atoms with van der Waals surface area (Å²) in [6, 6.07) is 0. The lowest BCUT2D eigenvalue weighted by molar-refractivity contribution is -0.0395. The third-order valence-electron chi connectivity index (χ3n) is 2.67. The largest absolute Gasteiger partial charge is 0.396 e. The molecule has 0 aromatic rings. The van der Waals surface area contributed by atoms with Gasteiger partial charge in [0.1, 0.15) is 0 Å². The Kier molecular flexibility index (Phi) is 2.87. The average molecular weight is 160 g/mol. The smallest absolute Gasteiger partial charge is 0.0593 e. The molecule has 3 heteroatoms. The third-order valence-corrected chi connectivity index (χ3v) is 2.67. The van der Waals surface area contributed by atoms with Gasteiger partial charge in [-0.25, -0.2) is 0 Å². The lowest BCUT2D eigenvalue weighted by Gasteiger charge is -2.34. The van der Waals surface area contributed by atoms with Crippen LogP contribution in [0.2, 0.25) is 0 Å². The molecule has 0 amide bonds. The number of rotatable bonds is 1.